The molecule has 88 valence electrons. The molecule has 0 aliphatic carbocycles. The van der Waals surface area contributed by atoms with Crippen LogP contribution in [0.5, 0.6) is 0 Å². The maximum absolute atomic E-state index is 11.5. The van der Waals surface area contributed by atoms with E-state index in [4.69, 9.17) is 11.6 Å². The summed E-state index contributed by atoms with van der Waals surface area (Å²) in [5.41, 5.74) is 0. The highest BCUT2D eigenvalue weighted by molar-refractivity contribution is 8.00. The summed E-state index contributed by atoms with van der Waals surface area (Å²) in [6, 6.07) is 7.78. The number of carbonyl (C=O) groups is 1. The lowest BCUT2D eigenvalue weighted by molar-refractivity contribution is -0.119. The molecule has 0 saturated carbocycles. The van der Waals surface area contributed by atoms with Crippen LogP contribution in [0.2, 0.25) is 5.02 Å². The van der Waals surface area contributed by atoms with Crippen molar-refractivity contribution in [3.63, 3.8) is 0 Å². The molecular weight excluding hydrogens is 242 g/mol. The van der Waals surface area contributed by atoms with Crippen molar-refractivity contribution in [2.75, 3.05) is 5.75 Å². The van der Waals surface area contributed by atoms with Crippen molar-refractivity contribution in [1.82, 2.24) is 5.32 Å². The third-order valence-electron chi connectivity index (χ3n) is 2.22. The molecule has 0 bridgehead atoms. The number of rotatable bonds is 5. The van der Waals surface area contributed by atoms with Crippen molar-refractivity contribution >= 4 is 29.3 Å². The molecule has 0 radical (unpaired) electrons. The zero-order chi connectivity index (χ0) is 12.0. The molecule has 1 aromatic carbocycles. The van der Waals surface area contributed by atoms with Crippen LogP contribution in [0.4, 0.5) is 0 Å². The maximum atomic E-state index is 11.5. The summed E-state index contributed by atoms with van der Waals surface area (Å²) in [4.78, 5) is 12.5. The fourth-order valence-corrected chi connectivity index (χ4v) is 2.17. The Kier molecular flexibility index (Phi) is 5.71. The minimum absolute atomic E-state index is 0.0549. The molecule has 4 heteroatoms. The molecule has 0 fully saturated rings. The Morgan fingerprint density at radius 1 is 1.50 bits per heavy atom. The molecule has 0 aliphatic heterocycles. The number of halogens is 1. The van der Waals surface area contributed by atoms with E-state index < -0.39 is 0 Å². The standard InChI is InChI=1S/C12H16ClNOS/c1-3-9(2)14-12(15)8-16-11-7-5-4-6-10(11)13/h4-7,9H,3,8H2,1-2H3,(H,14,15). The lowest BCUT2D eigenvalue weighted by atomic mass is 10.3. The van der Waals surface area contributed by atoms with Crippen molar-refractivity contribution < 1.29 is 4.79 Å². The van der Waals surface area contributed by atoms with Gasteiger partial charge in [-0.3, -0.25) is 4.79 Å². The third-order valence-corrected chi connectivity index (χ3v) is 3.73. The maximum Gasteiger partial charge on any atom is 0.230 e. The van der Waals surface area contributed by atoms with E-state index in [2.05, 4.69) is 5.32 Å². The van der Waals surface area contributed by atoms with Crippen LogP contribution in [0.25, 0.3) is 0 Å². The van der Waals surface area contributed by atoms with Gasteiger partial charge in [0.05, 0.1) is 10.8 Å². The van der Waals surface area contributed by atoms with Gasteiger partial charge in [0.15, 0.2) is 0 Å². The van der Waals surface area contributed by atoms with Gasteiger partial charge in [0.2, 0.25) is 5.91 Å². The van der Waals surface area contributed by atoms with Gasteiger partial charge in [-0.25, -0.2) is 0 Å². The van der Waals surface area contributed by atoms with Crippen molar-refractivity contribution in [2.24, 2.45) is 0 Å². The van der Waals surface area contributed by atoms with Gasteiger partial charge in [-0.1, -0.05) is 30.7 Å². The first-order valence-electron chi connectivity index (χ1n) is 5.30. The lowest BCUT2D eigenvalue weighted by Gasteiger charge is -2.11. The third kappa shape index (κ3) is 4.45. The van der Waals surface area contributed by atoms with E-state index in [1.165, 1.54) is 11.8 Å². The van der Waals surface area contributed by atoms with Gasteiger partial charge < -0.3 is 5.32 Å². The molecule has 0 saturated heterocycles. The SMILES string of the molecule is CCC(C)NC(=O)CSc1ccccc1Cl. The number of amides is 1. The van der Waals surface area contributed by atoms with Crippen molar-refractivity contribution in [3.05, 3.63) is 29.3 Å². The van der Waals surface area contributed by atoms with Gasteiger partial charge in [-0.2, -0.15) is 0 Å². The topological polar surface area (TPSA) is 29.1 Å². The van der Waals surface area contributed by atoms with E-state index in [1.54, 1.807) is 0 Å². The average molecular weight is 258 g/mol. The molecule has 1 atom stereocenters. The number of nitrogens with one attached hydrogen (secondary N) is 1. The van der Waals surface area contributed by atoms with E-state index in [0.29, 0.717) is 10.8 Å². The Labute approximate surface area is 106 Å². The summed E-state index contributed by atoms with van der Waals surface area (Å²) in [5, 5.41) is 3.61. The predicted octanol–water partition coefficient (Wildman–Crippen LogP) is 3.35. The Morgan fingerprint density at radius 2 is 2.19 bits per heavy atom. The van der Waals surface area contributed by atoms with Crippen LogP contribution in [0, 0.1) is 0 Å². The van der Waals surface area contributed by atoms with Gasteiger partial charge in [-0.15, -0.1) is 11.8 Å². The fourth-order valence-electron chi connectivity index (χ4n) is 1.12. The summed E-state index contributed by atoms with van der Waals surface area (Å²) in [6.07, 6.45) is 0.947. The minimum Gasteiger partial charge on any atom is -0.353 e. The van der Waals surface area contributed by atoms with E-state index in [9.17, 15) is 4.79 Å². The number of hydrogen-bond acceptors (Lipinski definition) is 2. The fraction of sp³-hybridized carbons (Fsp3) is 0.417. The first-order chi connectivity index (χ1) is 7.63. The molecule has 0 spiro atoms. The zero-order valence-corrected chi connectivity index (χ0v) is 11.1. The highest BCUT2D eigenvalue weighted by Gasteiger charge is 2.07. The molecule has 1 amide bonds. The summed E-state index contributed by atoms with van der Waals surface area (Å²) < 4.78 is 0. The first kappa shape index (κ1) is 13.4. The van der Waals surface area contributed by atoms with Gasteiger partial charge in [0, 0.05) is 10.9 Å². The predicted molar refractivity (Wildman–Crippen MR) is 70.1 cm³/mol. The van der Waals surface area contributed by atoms with E-state index in [0.717, 1.165) is 11.3 Å². The van der Waals surface area contributed by atoms with Crippen LogP contribution in [-0.2, 0) is 4.79 Å². The second-order valence-electron chi connectivity index (χ2n) is 3.60. The van der Waals surface area contributed by atoms with Crippen molar-refractivity contribution in [2.45, 2.75) is 31.2 Å². The van der Waals surface area contributed by atoms with Gasteiger partial charge >= 0.3 is 0 Å². The molecule has 0 aliphatic rings. The molecule has 1 N–H and O–H groups in total. The van der Waals surface area contributed by atoms with Gasteiger partial charge in [-0.05, 0) is 25.5 Å². The number of hydrogen-bond donors (Lipinski definition) is 1. The molecule has 1 rings (SSSR count). The molecule has 1 unspecified atom stereocenters. The molecule has 1 aromatic rings. The highest BCUT2D eigenvalue weighted by atomic mass is 35.5. The average Bonchev–Trinajstić information content (AvgIpc) is 2.28. The Bertz CT molecular complexity index is 357. The quantitative estimate of drug-likeness (QED) is 0.820. The van der Waals surface area contributed by atoms with Gasteiger partial charge in [0.1, 0.15) is 0 Å². The molecular formula is C12H16ClNOS. The molecule has 2 nitrogen and oxygen atoms in total. The van der Waals surface area contributed by atoms with E-state index in [1.807, 2.05) is 38.1 Å². The number of benzene rings is 1. The largest absolute Gasteiger partial charge is 0.353 e. The van der Waals surface area contributed by atoms with Crippen LogP contribution in [0.15, 0.2) is 29.2 Å². The highest BCUT2D eigenvalue weighted by Crippen LogP contribution is 2.26. The summed E-state index contributed by atoms with van der Waals surface area (Å²) in [7, 11) is 0. The normalized spacial score (nSPS) is 12.2. The van der Waals surface area contributed by atoms with Crippen molar-refractivity contribution in [1.29, 1.82) is 0 Å². The van der Waals surface area contributed by atoms with E-state index >= 15 is 0 Å². The van der Waals surface area contributed by atoms with Crippen LogP contribution in [0.1, 0.15) is 20.3 Å². The number of thioether (sulfide) groups is 1. The second kappa shape index (κ2) is 6.81. The van der Waals surface area contributed by atoms with Crippen molar-refractivity contribution in [3.8, 4) is 0 Å². The summed E-state index contributed by atoms with van der Waals surface area (Å²) in [6.45, 7) is 4.05. The Hall–Kier alpha value is -0.670. The number of carbonyl (C=O) groups excluding carboxylic acids is 1. The minimum atomic E-state index is 0.0549. The lowest BCUT2D eigenvalue weighted by Crippen LogP contribution is -2.33. The van der Waals surface area contributed by atoms with Crippen LogP contribution in [0.3, 0.4) is 0 Å². The van der Waals surface area contributed by atoms with Gasteiger partial charge in [0.25, 0.3) is 0 Å². The Balaban J connectivity index is 2.40. The van der Waals surface area contributed by atoms with Crippen LogP contribution >= 0.6 is 23.4 Å². The summed E-state index contributed by atoms with van der Waals surface area (Å²) in [5.74, 6) is 0.466. The Morgan fingerprint density at radius 3 is 2.81 bits per heavy atom. The first-order valence-corrected chi connectivity index (χ1v) is 6.66. The smallest absolute Gasteiger partial charge is 0.230 e. The van der Waals surface area contributed by atoms with E-state index in [-0.39, 0.29) is 11.9 Å². The summed E-state index contributed by atoms with van der Waals surface area (Å²) >= 11 is 7.45. The molecule has 16 heavy (non-hydrogen) atoms. The monoisotopic (exact) mass is 257 g/mol. The molecule has 0 aromatic heterocycles. The zero-order valence-electron chi connectivity index (χ0n) is 9.50. The van der Waals surface area contributed by atoms with Crippen LogP contribution < -0.4 is 5.32 Å². The second-order valence-corrected chi connectivity index (χ2v) is 5.02. The van der Waals surface area contributed by atoms with Crippen LogP contribution in [-0.4, -0.2) is 17.7 Å². The molecule has 0 heterocycles.